The van der Waals surface area contributed by atoms with Crippen molar-refractivity contribution in [2.24, 2.45) is 5.92 Å². The van der Waals surface area contributed by atoms with Crippen molar-refractivity contribution in [3.8, 4) is 0 Å². The fraction of sp³-hybridized carbons (Fsp3) is 0.500. The summed E-state index contributed by atoms with van der Waals surface area (Å²) in [5, 5.41) is 3.20. The van der Waals surface area contributed by atoms with Gasteiger partial charge in [0.25, 0.3) is 0 Å². The van der Waals surface area contributed by atoms with Gasteiger partial charge in [-0.1, -0.05) is 0 Å². The molecule has 5 nitrogen and oxygen atoms in total. The van der Waals surface area contributed by atoms with E-state index in [0.29, 0.717) is 12.5 Å². The van der Waals surface area contributed by atoms with E-state index in [-0.39, 0.29) is 4.90 Å². The van der Waals surface area contributed by atoms with Crippen molar-refractivity contribution >= 4 is 10.0 Å². The Hall–Kier alpha value is -0.980. The Morgan fingerprint density at radius 2 is 2.44 bits per heavy atom. The third-order valence-electron chi connectivity index (χ3n) is 2.67. The van der Waals surface area contributed by atoms with Gasteiger partial charge in [0.2, 0.25) is 10.0 Å². The molecule has 1 aliphatic rings. The summed E-state index contributed by atoms with van der Waals surface area (Å²) in [5.74, 6) is 0.395. The fourth-order valence-electron chi connectivity index (χ4n) is 1.71. The predicted molar refractivity (Wildman–Crippen MR) is 60.4 cm³/mol. The van der Waals surface area contributed by atoms with Gasteiger partial charge in [0.05, 0.1) is 0 Å². The molecule has 0 spiro atoms. The summed E-state index contributed by atoms with van der Waals surface area (Å²) >= 11 is 0. The number of aromatic nitrogens is 1. The van der Waals surface area contributed by atoms with Gasteiger partial charge in [0.1, 0.15) is 4.90 Å². The van der Waals surface area contributed by atoms with Gasteiger partial charge in [-0.15, -0.1) is 0 Å². The molecule has 1 unspecified atom stereocenters. The van der Waals surface area contributed by atoms with Crippen molar-refractivity contribution in [3.63, 3.8) is 0 Å². The van der Waals surface area contributed by atoms with Crippen LogP contribution in [0.1, 0.15) is 6.42 Å². The molecule has 1 aromatic heterocycles. The summed E-state index contributed by atoms with van der Waals surface area (Å²) in [4.78, 5) is 4.02. The summed E-state index contributed by atoms with van der Waals surface area (Å²) in [6, 6.07) is 3.16. The standard InChI is InChI=1S/C10H15N3O2S/c14-16(15,10-2-1-4-11-8-10)13-7-9-3-5-12-6-9/h1-2,4,8-9,12-13H,3,5-7H2. The fourth-order valence-corrected chi connectivity index (χ4v) is 2.78. The van der Waals surface area contributed by atoms with Gasteiger partial charge in [-0.2, -0.15) is 0 Å². The zero-order valence-corrected chi connectivity index (χ0v) is 9.70. The van der Waals surface area contributed by atoms with Gasteiger partial charge in [0, 0.05) is 18.9 Å². The molecule has 2 N–H and O–H groups in total. The molecule has 1 aliphatic heterocycles. The lowest BCUT2D eigenvalue weighted by Crippen LogP contribution is -2.30. The summed E-state index contributed by atoms with van der Waals surface area (Å²) in [7, 11) is -3.39. The molecule has 1 atom stereocenters. The average Bonchev–Trinajstić information content (AvgIpc) is 2.81. The highest BCUT2D eigenvalue weighted by Crippen LogP contribution is 2.09. The smallest absolute Gasteiger partial charge is 0.242 e. The number of hydrogen-bond donors (Lipinski definition) is 2. The van der Waals surface area contributed by atoms with Gasteiger partial charge < -0.3 is 5.32 Å². The molecule has 0 saturated carbocycles. The Morgan fingerprint density at radius 1 is 1.56 bits per heavy atom. The van der Waals surface area contributed by atoms with Gasteiger partial charge >= 0.3 is 0 Å². The Bertz CT molecular complexity index is 427. The largest absolute Gasteiger partial charge is 0.316 e. The van der Waals surface area contributed by atoms with Crippen LogP contribution >= 0.6 is 0 Å². The second kappa shape index (κ2) is 4.90. The summed E-state index contributed by atoms with van der Waals surface area (Å²) in [6.07, 6.45) is 3.94. The van der Waals surface area contributed by atoms with Crippen LogP contribution in [0.15, 0.2) is 29.4 Å². The first-order valence-electron chi connectivity index (χ1n) is 5.29. The molecule has 2 rings (SSSR count). The van der Waals surface area contributed by atoms with E-state index in [9.17, 15) is 8.42 Å². The van der Waals surface area contributed by atoms with Crippen molar-refractivity contribution in [1.29, 1.82) is 0 Å². The highest BCUT2D eigenvalue weighted by molar-refractivity contribution is 7.89. The minimum absolute atomic E-state index is 0.223. The summed E-state index contributed by atoms with van der Waals surface area (Å²) < 4.78 is 26.2. The average molecular weight is 241 g/mol. The lowest BCUT2D eigenvalue weighted by molar-refractivity contribution is 0.538. The Morgan fingerprint density at radius 3 is 3.06 bits per heavy atom. The quantitative estimate of drug-likeness (QED) is 0.776. The van der Waals surface area contributed by atoms with E-state index >= 15 is 0 Å². The van der Waals surface area contributed by atoms with Crippen molar-refractivity contribution in [2.75, 3.05) is 19.6 Å². The first kappa shape index (κ1) is 11.5. The van der Waals surface area contributed by atoms with Crippen molar-refractivity contribution in [2.45, 2.75) is 11.3 Å². The number of nitrogens with one attached hydrogen (secondary N) is 2. The zero-order chi connectivity index (χ0) is 11.4. The molecule has 2 heterocycles. The van der Waals surface area contributed by atoms with E-state index in [0.717, 1.165) is 19.5 Å². The second-order valence-electron chi connectivity index (χ2n) is 3.90. The SMILES string of the molecule is O=S(=O)(NCC1CCNC1)c1cccnc1. The second-order valence-corrected chi connectivity index (χ2v) is 5.67. The van der Waals surface area contributed by atoms with E-state index < -0.39 is 10.0 Å². The highest BCUT2D eigenvalue weighted by atomic mass is 32.2. The molecule has 0 radical (unpaired) electrons. The molecule has 0 amide bonds. The minimum Gasteiger partial charge on any atom is -0.316 e. The van der Waals surface area contributed by atoms with Crippen molar-refractivity contribution < 1.29 is 8.42 Å². The molecule has 1 fully saturated rings. The van der Waals surface area contributed by atoms with E-state index in [1.165, 1.54) is 6.20 Å². The monoisotopic (exact) mass is 241 g/mol. The molecule has 0 aliphatic carbocycles. The van der Waals surface area contributed by atoms with Crippen LogP contribution in [0.4, 0.5) is 0 Å². The number of rotatable bonds is 4. The molecule has 0 aromatic carbocycles. The topological polar surface area (TPSA) is 71.1 Å². The third kappa shape index (κ3) is 2.78. The van der Waals surface area contributed by atoms with E-state index in [2.05, 4.69) is 15.0 Å². The first-order valence-corrected chi connectivity index (χ1v) is 6.77. The molecule has 1 saturated heterocycles. The Balaban J connectivity index is 1.98. The van der Waals surface area contributed by atoms with Crippen molar-refractivity contribution in [3.05, 3.63) is 24.5 Å². The zero-order valence-electron chi connectivity index (χ0n) is 8.89. The molecule has 88 valence electrons. The van der Waals surface area contributed by atoms with Gasteiger partial charge in [0.15, 0.2) is 0 Å². The number of hydrogen-bond acceptors (Lipinski definition) is 4. The lowest BCUT2D eigenvalue weighted by Gasteiger charge is -2.10. The predicted octanol–water partition coefficient (Wildman–Crippen LogP) is -0.0306. The first-order chi connectivity index (χ1) is 7.68. The van der Waals surface area contributed by atoms with Crippen LogP contribution in [0.5, 0.6) is 0 Å². The third-order valence-corrected chi connectivity index (χ3v) is 4.08. The van der Waals surface area contributed by atoms with Crippen LogP contribution in [-0.2, 0) is 10.0 Å². The maximum atomic E-state index is 11.8. The van der Waals surface area contributed by atoms with Crippen LogP contribution < -0.4 is 10.0 Å². The van der Waals surface area contributed by atoms with Crippen LogP contribution in [-0.4, -0.2) is 33.0 Å². The molecule has 6 heteroatoms. The molecular formula is C10H15N3O2S. The molecule has 1 aromatic rings. The number of nitrogens with zero attached hydrogens (tertiary/aromatic N) is 1. The van der Waals surface area contributed by atoms with Gasteiger partial charge in [-0.05, 0) is 37.6 Å². The minimum atomic E-state index is -3.39. The lowest BCUT2D eigenvalue weighted by atomic mass is 10.1. The molecule has 0 bridgehead atoms. The van der Waals surface area contributed by atoms with E-state index in [4.69, 9.17) is 0 Å². The van der Waals surface area contributed by atoms with Crippen LogP contribution in [0.2, 0.25) is 0 Å². The van der Waals surface area contributed by atoms with Crippen LogP contribution in [0.25, 0.3) is 0 Å². The van der Waals surface area contributed by atoms with Crippen LogP contribution in [0.3, 0.4) is 0 Å². The van der Waals surface area contributed by atoms with E-state index in [1.54, 1.807) is 18.3 Å². The maximum Gasteiger partial charge on any atom is 0.242 e. The van der Waals surface area contributed by atoms with Crippen molar-refractivity contribution in [1.82, 2.24) is 15.0 Å². The number of sulfonamides is 1. The maximum absolute atomic E-state index is 11.8. The van der Waals surface area contributed by atoms with E-state index in [1.807, 2.05) is 0 Å². The van der Waals surface area contributed by atoms with Gasteiger partial charge in [-0.3, -0.25) is 4.98 Å². The number of pyridine rings is 1. The molecule has 16 heavy (non-hydrogen) atoms. The van der Waals surface area contributed by atoms with Crippen LogP contribution in [0, 0.1) is 5.92 Å². The highest BCUT2D eigenvalue weighted by Gasteiger charge is 2.19. The normalized spacial score (nSPS) is 21.1. The summed E-state index contributed by atoms with van der Waals surface area (Å²) in [5.41, 5.74) is 0. The Kier molecular flexibility index (Phi) is 3.52. The molecular weight excluding hydrogens is 226 g/mol. The van der Waals surface area contributed by atoms with Gasteiger partial charge in [-0.25, -0.2) is 13.1 Å². The summed E-state index contributed by atoms with van der Waals surface area (Å²) in [6.45, 7) is 2.35. The Labute approximate surface area is 95.3 Å².